The number of nitrogens with zero attached hydrogens (tertiary/aromatic N) is 2. The van der Waals surface area contributed by atoms with Crippen molar-refractivity contribution in [2.75, 3.05) is 12.4 Å². The minimum absolute atomic E-state index is 0.319. The Labute approximate surface area is 149 Å². The van der Waals surface area contributed by atoms with Crippen LogP contribution in [0.15, 0.2) is 41.1 Å². The number of pyridine rings is 1. The van der Waals surface area contributed by atoms with Crippen LogP contribution >= 0.6 is 11.6 Å². The molecule has 0 saturated heterocycles. The third-order valence-corrected chi connectivity index (χ3v) is 4.02. The third-order valence-electron chi connectivity index (χ3n) is 3.72. The molecule has 6 nitrogen and oxygen atoms in total. The van der Waals surface area contributed by atoms with Crippen LogP contribution in [0.4, 0.5) is 11.4 Å². The van der Waals surface area contributed by atoms with Gasteiger partial charge in [0, 0.05) is 23.0 Å². The van der Waals surface area contributed by atoms with E-state index in [1.54, 1.807) is 24.4 Å². The Hall–Kier alpha value is -2.86. The highest BCUT2D eigenvalue weighted by molar-refractivity contribution is 6.32. The minimum Gasteiger partial charge on any atom is -0.465 e. The summed E-state index contributed by atoms with van der Waals surface area (Å²) < 4.78 is 9.95. The standard InChI is InChI=1S/C18H16ClN3O3/c1-10-16(11(2)25-22-10)13-8-15(17(19)20-9-13)21-14-6-4-5-12(7-14)18(23)24-3/h4-9,21H,1-3H3. The van der Waals surface area contributed by atoms with Gasteiger partial charge in [-0.1, -0.05) is 22.8 Å². The number of methoxy groups -OCH3 is 1. The second-order valence-corrected chi connectivity index (χ2v) is 5.82. The lowest BCUT2D eigenvalue weighted by Gasteiger charge is -2.11. The molecule has 7 heteroatoms. The zero-order valence-electron chi connectivity index (χ0n) is 14.0. The largest absolute Gasteiger partial charge is 0.465 e. The molecular formula is C18H16ClN3O3. The molecule has 3 aromatic rings. The SMILES string of the molecule is COC(=O)c1cccc(Nc2cc(-c3c(C)noc3C)cnc2Cl)c1. The average molecular weight is 358 g/mol. The van der Waals surface area contributed by atoms with Crippen molar-refractivity contribution in [3.8, 4) is 11.1 Å². The monoisotopic (exact) mass is 357 g/mol. The summed E-state index contributed by atoms with van der Waals surface area (Å²) in [5.41, 5.74) is 4.25. The third kappa shape index (κ3) is 3.49. The van der Waals surface area contributed by atoms with Crippen molar-refractivity contribution in [1.82, 2.24) is 10.1 Å². The number of benzene rings is 1. The van der Waals surface area contributed by atoms with Crippen LogP contribution in [0, 0.1) is 13.8 Å². The van der Waals surface area contributed by atoms with E-state index in [0.717, 1.165) is 16.8 Å². The molecule has 1 aromatic carbocycles. The Morgan fingerprint density at radius 1 is 1.28 bits per heavy atom. The molecule has 3 rings (SSSR count). The molecule has 0 bridgehead atoms. The highest BCUT2D eigenvalue weighted by atomic mass is 35.5. The van der Waals surface area contributed by atoms with Crippen molar-refractivity contribution in [3.63, 3.8) is 0 Å². The molecule has 0 saturated carbocycles. The molecule has 128 valence electrons. The van der Waals surface area contributed by atoms with Gasteiger partial charge in [0.15, 0.2) is 5.15 Å². The summed E-state index contributed by atoms with van der Waals surface area (Å²) >= 11 is 6.21. The van der Waals surface area contributed by atoms with E-state index in [0.29, 0.717) is 27.9 Å². The van der Waals surface area contributed by atoms with Crippen LogP contribution in [0.3, 0.4) is 0 Å². The predicted octanol–water partition coefficient (Wildman–Crippen LogP) is 4.54. The van der Waals surface area contributed by atoms with E-state index < -0.39 is 5.97 Å². The molecule has 0 unspecified atom stereocenters. The maximum Gasteiger partial charge on any atom is 0.337 e. The van der Waals surface area contributed by atoms with Crippen molar-refractivity contribution in [2.45, 2.75) is 13.8 Å². The first-order valence-corrected chi connectivity index (χ1v) is 7.91. The molecule has 2 heterocycles. The van der Waals surface area contributed by atoms with Crippen LogP contribution < -0.4 is 5.32 Å². The van der Waals surface area contributed by atoms with Crippen LogP contribution in [-0.4, -0.2) is 23.2 Å². The number of nitrogens with one attached hydrogen (secondary N) is 1. The van der Waals surface area contributed by atoms with Crippen LogP contribution in [0.25, 0.3) is 11.1 Å². The molecule has 0 aliphatic rings. The second kappa shape index (κ2) is 6.94. The van der Waals surface area contributed by atoms with E-state index >= 15 is 0 Å². The highest BCUT2D eigenvalue weighted by Crippen LogP contribution is 2.32. The van der Waals surface area contributed by atoms with Gasteiger partial charge >= 0.3 is 5.97 Å². The summed E-state index contributed by atoms with van der Waals surface area (Å²) in [6.45, 7) is 3.71. The lowest BCUT2D eigenvalue weighted by atomic mass is 10.1. The molecule has 0 spiro atoms. The van der Waals surface area contributed by atoms with Gasteiger partial charge in [0.25, 0.3) is 0 Å². The molecule has 2 aromatic heterocycles. The number of hydrogen-bond donors (Lipinski definition) is 1. The molecule has 0 amide bonds. The van der Waals surface area contributed by atoms with Gasteiger partial charge in [-0.15, -0.1) is 0 Å². The van der Waals surface area contributed by atoms with Crippen molar-refractivity contribution in [3.05, 3.63) is 58.7 Å². The van der Waals surface area contributed by atoms with Gasteiger partial charge < -0.3 is 14.6 Å². The predicted molar refractivity (Wildman–Crippen MR) is 95.3 cm³/mol. The smallest absolute Gasteiger partial charge is 0.337 e. The molecule has 0 atom stereocenters. The number of aromatic nitrogens is 2. The first kappa shape index (κ1) is 17.0. The van der Waals surface area contributed by atoms with Crippen molar-refractivity contribution in [2.24, 2.45) is 0 Å². The maximum absolute atomic E-state index is 11.7. The van der Waals surface area contributed by atoms with Gasteiger partial charge in [-0.3, -0.25) is 0 Å². The molecule has 0 aliphatic carbocycles. The summed E-state index contributed by atoms with van der Waals surface area (Å²) in [6.07, 6.45) is 1.67. The summed E-state index contributed by atoms with van der Waals surface area (Å²) in [7, 11) is 1.34. The minimum atomic E-state index is -0.405. The molecule has 1 N–H and O–H groups in total. The van der Waals surface area contributed by atoms with E-state index in [1.807, 2.05) is 26.0 Å². The van der Waals surface area contributed by atoms with Crippen LogP contribution in [0.1, 0.15) is 21.8 Å². The van der Waals surface area contributed by atoms with Gasteiger partial charge in [0.05, 0.1) is 24.1 Å². The fourth-order valence-electron chi connectivity index (χ4n) is 2.56. The van der Waals surface area contributed by atoms with Crippen LogP contribution in [0.2, 0.25) is 5.15 Å². The zero-order valence-corrected chi connectivity index (χ0v) is 14.7. The molecule has 0 fully saturated rings. The summed E-state index contributed by atoms with van der Waals surface area (Å²) in [5, 5.41) is 7.46. The van der Waals surface area contributed by atoms with Crippen LogP contribution in [-0.2, 0) is 4.74 Å². The molecule has 0 radical (unpaired) electrons. The number of hydrogen-bond acceptors (Lipinski definition) is 6. The van der Waals surface area contributed by atoms with Gasteiger partial charge in [0.1, 0.15) is 5.76 Å². The summed E-state index contributed by atoms with van der Waals surface area (Å²) in [4.78, 5) is 15.9. The topological polar surface area (TPSA) is 77.2 Å². The molecule has 0 aliphatic heterocycles. The Morgan fingerprint density at radius 2 is 2.08 bits per heavy atom. The van der Waals surface area contributed by atoms with Crippen molar-refractivity contribution in [1.29, 1.82) is 0 Å². The maximum atomic E-state index is 11.7. The van der Waals surface area contributed by atoms with Gasteiger partial charge in [-0.2, -0.15) is 0 Å². The Kier molecular flexibility index (Phi) is 4.72. The Balaban J connectivity index is 1.96. The Bertz CT molecular complexity index is 918. The zero-order chi connectivity index (χ0) is 18.0. The van der Waals surface area contributed by atoms with E-state index in [1.165, 1.54) is 7.11 Å². The van der Waals surface area contributed by atoms with Crippen molar-refractivity contribution >= 4 is 28.9 Å². The first-order valence-electron chi connectivity index (χ1n) is 7.53. The van der Waals surface area contributed by atoms with E-state index in [4.69, 9.17) is 20.9 Å². The van der Waals surface area contributed by atoms with Gasteiger partial charge in [0.2, 0.25) is 0 Å². The van der Waals surface area contributed by atoms with Crippen molar-refractivity contribution < 1.29 is 14.1 Å². The number of carbonyl (C=O) groups is 1. The van der Waals surface area contributed by atoms with Crippen LogP contribution in [0.5, 0.6) is 0 Å². The number of anilines is 2. The molecule has 25 heavy (non-hydrogen) atoms. The Morgan fingerprint density at radius 3 is 2.76 bits per heavy atom. The van der Waals surface area contributed by atoms with Gasteiger partial charge in [-0.05, 0) is 38.1 Å². The van der Waals surface area contributed by atoms with E-state index in [2.05, 4.69) is 15.5 Å². The number of carbonyl (C=O) groups excluding carboxylic acids is 1. The number of halogens is 1. The number of esters is 1. The highest BCUT2D eigenvalue weighted by Gasteiger charge is 2.14. The molecular weight excluding hydrogens is 342 g/mol. The van der Waals surface area contributed by atoms with E-state index in [9.17, 15) is 4.79 Å². The number of rotatable bonds is 4. The summed E-state index contributed by atoms with van der Waals surface area (Å²) in [6, 6.07) is 8.81. The van der Waals surface area contributed by atoms with E-state index in [-0.39, 0.29) is 0 Å². The first-order chi connectivity index (χ1) is 12.0. The lowest BCUT2D eigenvalue weighted by molar-refractivity contribution is 0.0601. The number of ether oxygens (including phenoxy) is 1. The number of aryl methyl sites for hydroxylation is 2. The fourth-order valence-corrected chi connectivity index (χ4v) is 2.72. The normalized spacial score (nSPS) is 10.6. The summed E-state index contributed by atoms with van der Waals surface area (Å²) in [5.74, 6) is 0.303. The fraction of sp³-hybridized carbons (Fsp3) is 0.167. The second-order valence-electron chi connectivity index (χ2n) is 5.46. The quantitative estimate of drug-likeness (QED) is 0.545. The lowest BCUT2D eigenvalue weighted by Crippen LogP contribution is -2.02. The average Bonchev–Trinajstić information content (AvgIpc) is 2.95. The van der Waals surface area contributed by atoms with Gasteiger partial charge in [-0.25, -0.2) is 9.78 Å².